The van der Waals surface area contributed by atoms with Crippen molar-refractivity contribution in [2.45, 2.75) is 65.0 Å². The van der Waals surface area contributed by atoms with E-state index in [2.05, 4.69) is 32.9 Å². The molecule has 108 valence electrons. The average molecular weight is 264 g/mol. The first kappa shape index (κ1) is 16.0. The maximum absolute atomic E-state index is 10.4. The fourth-order valence-corrected chi connectivity index (χ4v) is 2.20. The summed E-state index contributed by atoms with van der Waals surface area (Å²) < 4.78 is 0. The van der Waals surface area contributed by atoms with Crippen molar-refractivity contribution in [1.82, 2.24) is 0 Å². The van der Waals surface area contributed by atoms with E-state index in [1.165, 1.54) is 5.56 Å². The van der Waals surface area contributed by atoms with Crippen LogP contribution < -0.4 is 11.5 Å². The highest BCUT2D eigenvalue weighted by molar-refractivity contribution is 5.46. The van der Waals surface area contributed by atoms with Crippen molar-refractivity contribution >= 4 is 0 Å². The van der Waals surface area contributed by atoms with E-state index in [0.717, 1.165) is 11.1 Å². The molecule has 2 atom stereocenters. The SMILES string of the molecule is CC(N)Cc1cc(C(C)(C)C)cc(CC(C)N)c1O. The topological polar surface area (TPSA) is 72.3 Å². The van der Waals surface area contributed by atoms with Gasteiger partial charge in [0.1, 0.15) is 5.75 Å². The van der Waals surface area contributed by atoms with Crippen LogP contribution in [0.15, 0.2) is 12.1 Å². The first-order chi connectivity index (χ1) is 8.61. The van der Waals surface area contributed by atoms with Crippen molar-refractivity contribution in [1.29, 1.82) is 0 Å². The average Bonchev–Trinajstić information content (AvgIpc) is 2.20. The minimum atomic E-state index is 0.0317. The van der Waals surface area contributed by atoms with Crippen LogP contribution in [0.5, 0.6) is 5.75 Å². The summed E-state index contributed by atoms with van der Waals surface area (Å²) in [6.07, 6.45) is 1.36. The molecule has 0 spiro atoms. The van der Waals surface area contributed by atoms with Gasteiger partial charge < -0.3 is 16.6 Å². The van der Waals surface area contributed by atoms with Gasteiger partial charge >= 0.3 is 0 Å². The largest absolute Gasteiger partial charge is 0.507 e. The van der Waals surface area contributed by atoms with Crippen LogP contribution in [-0.2, 0) is 18.3 Å². The zero-order valence-corrected chi connectivity index (χ0v) is 12.8. The van der Waals surface area contributed by atoms with Crippen molar-refractivity contribution < 1.29 is 5.11 Å². The van der Waals surface area contributed by atoms with Crippen molar-refractivity contribution in [3.05, 3.63) is 28.8 Å². The normalized spacial score (nSPS) is 15.3. The van der Waals surface area contributed by atoms with Gasteiger partial charge in [0, 0.05) is 12.1 Å². The fraction of sp³-hybridized carbons (Fsp3) is 0.625. The maximum Gasteiger partial charge on any atom is 0.122 e. The molecular formula is C16H28N2O. The zero-order valence-electron chi connectivity index (χ0n) is 12.8. The van der Waals surface area contributed by atoms with Gasteiger partial charge in [-0.25, -0.2) is 0 Å². The third-order valence-electron chi connectivity index (χ3n) is 3.22. The quantitative estimate of drug-likeness (QED) is 0.782. The lowest BCUT2D eigenvalue weighted by Gasteiger charge is -2.23. The number of hydrogen-bond acceptors (Lipinski definition) is 3. The van der Waals surface area contributed by atoms with Crippen LogP contribution in [0.1, 0.15) is 51.3 Å². The number of benzene rings is 1. The number of rotatable bonds is 4. The second kappa shape index (κ2) is 5.93. The Morgan fingerprint density at radius 3 is 1.63 bits per heavy atom. The van der Waals surface area contributed by atoms with Crippen LogP contribution in [0.25, 0.3) is 0 Å². The lowest BCUT2D eigenvalue weighted by Crippen LogP contribution is -2.21. The zero-order chi connectivity index (χ0) is 14.8. The van der Waals surface area contributed by atoms with Crippen LogP contribution in [0, 0.1) is 0 Å². The molecule has 3 nitrogen and oxygen atoms in total. The fourth-order valence-electron chi connectivity index (χ4n) is 2.20. The van der Waals surface area contributed by atoms with Gasteiger partial charge in [0.25, 0.3) is 0 Å². The molecule has 0 heterocycles. The van der Waals surface area contributed by atoms with Crippen LogP contribution in [0.2, 0.25) is 0 Å². The molecule has 0 aliphatic rings. The molecule has 0 amide bonds. The van der Waals surface area contributed by atoms with E-state index in [-0.39, 0.29) is 17.5 Å². The van der Waals surface area contributed by atoms with E-state index in [1.54, 1.807) is 0 Å². The van der Waals surface area contributed by atoms with Crippen molar-refractivity contribution in [3.63, 3.8) is 0 Å². The van der Waals surface area contributed by atoms with E-state index in [4.69, 9.17) is 11.5 Å². The standard InChI is InChI=1S/C16H28N2O/c1-10(17)6-12-8-14(16(3,4)5)9-13(15(12)19)7-11(2)18/h8-11,19H,6-7,17-18H2,1-5H3. The van der Waals surface area contributed by atoms with Crippen LogP contribution in [0.3, 0.4) is 0 Å². The highest BCUT2D eigenvalue weighted by Gasteiger charge is 2.19. The lowest BCUT2D eigenvalue weighted by atomic mass is 9.83. The molecule has 0 fully saturated rings. The summed E-state index contributed by atoms with van der Waals surface area (Å²) in [5, 5.41) is 10.4. The summed E-state index contributed by atoms with van der Waals surface area (Å²) in [5.74, 6) is 0.364. The molecule has 19 heavy (non-hydrogen) atoms. The van der Waals surface area contributed by atoms with Crippen LogP contribution in [0.4, 0.5) is 0 Å². The van der Waals surface area contributed by atoms with E-state index >= 15 is 0 Å². The Bertz CT molecular complexity index is 400. The molecule has 3 heteroatoms. The third kappa shape index (κ3) is 4.51. The summed E-state index contributed by atoms with van der Waals surface area (Å²) >= 11 is 0. The summed E-state index contributed by atoms with van der Waals surface area (Å²) in [6, 6.07) is 4.21. The molecule has 0 saturated carbocycles. The van der Waals surface area contributed by atoms with Gasteiger partial charge in [-0.2, -0.15) is 0 Å². The van der Waals surface area contributed by atoms with Gasteiger partial charge in [-0.1, -0.05) is 32.9 Å². The Labute approximate surface area is 117 Å². The number of nitrogens with two attached hydrogens (primary N) is 2. The molecule has 0 radical (unpaired) electrons. The number of phenols is 1. The Balaban J connectivity index is 3.29. The Hall–Kier alpha value is -1.06. The summed E-state index contributed by atoms with van der Waals surface area (Å²) in [4.78, 5) is 0. The second-order valence-electron chi connectivity index (χ2n) is 6.76. The van der Waals surface area contributed by atoms with Gasteiger partial charge in [0.15, 0.2) is 0 Å². The predicted octanol–water partition coefficient (Wildman–Crippen LogP) is 2.47. The van der Waals surface area contributed by atoms with Crippen molar-refractivity contribution in [2.75, 3.05) is 0 Å². The molecule has 5 N–H and O–H groups in total. The molecule has 0 bridgehead atoms. The smallest absolute Gasteiger partial charge is 0.122 e. The summed E-state index contributed by atoms with van der Waals surface area (Å²) in [6.45, 7) is 10.4. The van der Waals surface area contributed by atoms with Crippen LogP contribution >= 0.6 is 0 Å². The van der Waals surface area contributed by atoms with Gasteiger partial charge in [-0.15, -0.1) is 0 Å². The molecule has 0 saturated heterocycles. The van der Waals surface area contributed by atoms with Crippen LogP contribution in [-0.4, -0.2) is 17.2 Å². The number of hydrogen-bond donors (Lipinski definition) is 3. The Morgan fingerprint density at radius 2 is 1.37 bits per heavy atom. The minimum Gasteiger partial charge on any atom is -0.507 e. The molecule has 0 aromatic heterocycles. The lowest BCUT2D eigenvalue weighted by molar-refractivity contribution is 0.454. The van der Waals surface area contributed by atoms with Gasteiger partial charge in [0.05, 0.1) is 0 Å². The first-order valence-corrected chi connectivity index (χ1v) is 6.97. The molecular weight excluding hydrogens is 236 g/mol. The maximum atomic E-state index is 10.4. The third-order valence-corrected chi connectivity index (χ3v) is 3.22. The first-order valence-electron chi connectivity index (χ1n) is 6.97. The van der Waals surface area contributed by atoms with Gasteiger partial charge in [-0.3, -0.25) is 0 Å². The second-order valence-corrected chi connectivity index (χ2v) is 6.76. The Kier molecular flexibility index (Phi) is 4.99. The highest BCUT2D eigenvalue weighted by atomic mass is 16.3. The van der Waals surface area contributed by atoms with Gasteiger partial charge in [0.2, 0.25) is 0 Å². The van der Waals surface area contributed by atoms with Gasteiger partial charge in [-0.05, 0) is 48.8 Å². The molecule has 1 aromatic rings. The summed E-state index contributed by atoms with van der Waals surface area (Å²) in [5.41, 5.74) is 14.9. The summed E-state index contributed by atoms with van der Waals surface area (Å²) in [7, 11) is 0. The highest BCUT2D eigenvalue weighted by Crippen LogP contribution is 2.32. The number of phenolic OH excluding ortho intramolecular Hbond substituents is 1. The van der Waals surface area contributed by atoms with E-state index in [9.17, 15) is 5.11 Å². The van der Waals surface area contributed by atoms with E-state index < -0.39 is 0 Å². The monoisotopic (exact) mass is 264 g/mol. The molecule has 2 unspecified atom stereocenters. The van der Waals surface area contributed by atoms with Crippen molar-refractivity contribution in [2.24, 2.45) is 11.5 Å². The Morgan fingerprint density at radius 1 is 1.00 bits per heavy atom. The molecule has 0 aliphatic heterocycles. The predicted molar refractivity (Wildman–Crippen MR) is 81.5 cm³/mol. The molecule has 1 rings (SSSR count). The molecule has 0 aliphatic carbocycles. The minimum absolute atomic E-state index is 0.0317. The van der Waals surface area contributed by atoms with E-state index in [0.29, 0.717) is 18.6 Å². The van der Waals surface area contributed by atoms with Crippen molar-refractivity contribution in [3.8, 4) is 5.75 Å². The number of aromatic hydroxyl groups is 1. The van der Waals surface area contributed by atoms with E-state index in [1.807, 2.05) is 13.8 Å². The molecule has 1 aromatic carbocycles.